The molecule has 0 fully saturated rings. The number of anilines is 1. The number of benzene rings is 2. The van der Waals surface area contributed by atoms with Gasteiger partial charge in [0.05, 0.1) is 15.4 Å². The third-order valence-corrected chi connectivity index (χ3v) is 5.90. The quantitative estimate of drug-likeness (QED) is 0.627. The van der Waals surface area contributed by atoms with Gasteiger partial charge in [0.15, 0.2) is 0 Å². The smallest absolute Gasteiger partial charge is 0.334 e. The number of hydrogen-bond acceptors (Lipinski definition) is 4. The summed E-state index contributed by atoms with van der Waals surface area (Å²) in [5.41, 5.74) is 0.283. The van der Waals surface area contributed by atoms with Crippen LogP contribution in [-0.2, 0) is 22.6 Å². The molecule has 2 amide bonds. The van der Waals surface area contributed by atoms with Crippen LogP contribution in [0.3, 0.4) is 0 Å². The monoisotopic (exact) mass is 435 g/mol. The Morgan fingerprint density at radius 1 is 0.867 bits per heavy atom. The van der Waals surface area contributed by atoms with Crippen molar-refractivity contribution in [3.05, 3.63) is 84.2 Å². The minimum Gasteiger partial charge on any atom is -0.334 e. The predicted molar refractivity (Wildman–Crippen MR) is 103 cm³/mol. The van der Waals surface area contributed by atoms with Gasteiger partial charge in [0.1, 0.15) is 0 Å². The van der Waals surface area contributed by atoms with Crippen molar-refractivity contribution in [2.45, 2.75) is 22.5 Å². The molecule has 0 aliphatic heterocycles. The average Bonchev–Trinajstić information content (AvgIpc) is 2.73. The van der Waals surface area contributed by atoms with Crippen LogP contribution in [0.5, 0.6) is 0 Å². The zero-order valence-corrected chi connectivity index (χ0v) is 16.2. The lowest BCUT2D eigenvalue weighted by atomic mass is 10.2. The molecule has 156 valence electrons. The van der Waals surface area contributed by atoms with Crippen LogP contribution in [0.4, 0.5) is 23.7 Å². The molecule has 0 saturated carbocycles. The van der Waals surface area contributed by atoms with E-state index in [9.17, 15) is 26.4 Å². The molecule has 2 aromatic carbocycles. The Hall–Kier alpha value is -3.40. The molecule has 0 saturated heterocycles. The van der Waals surface area contributed by atoms with E-state index in [1.807, 2.05) is 0 Å². The van der Waals surface area contributed by atoms with Crippen molar-refractivity contribution in [3.63, 3.8) is 0 Å². The van der Waals surface area contributed by atoms with Gasteiger partial charge in [-0.15, -0.1) is 0 Å². The van der Waals surface area contributed by atoms with E-state index in [1.54, 1.807) is 24.5 Å². The summed E-state index contributed by atoms with van der Waals surface area (Å²) in [6.45, 7) is 0.286. The van der Waals surface area contributed by atoms with Crippen molar-refractivity contribution in [2.24, 2.45) is 0 Å². The summed E-state index contributed by atoms with van der Waals surface area (Å²) in [6.07, 6.45) is -1.34. The normalized spacial score (nSPS) is 11.7. The molecular weight excluding hydrogens is 419 g/mol. The number of pyridine rings is 1. The van der Waals surface area contributed by atoms with Crippen molar-refractivity contribution in [3.8, 4) is 0 Å². The third kappa shape index (κ3) is 5.15. The van der Waals surface area contributed by atoms with E-state index in [1.165, 1.54) is 24.3 Å². The number of carbonyl (C=O) groups excluding carboxylic acids is 1. The highest BCUT2D eigenvalue weighted by atomic mass is 32.2. The third-order valence-electron chi connectivity index (χ3n) is 4.12. The Kier molecular flexibility index (Phi) is 6.06. The molecule has 30 heavy (non-hydrogen) atoms. The lowest BCUT2D eigenvalue weighted by molar-refractivity contribution is -0.137. The van der Waals surface area contributed by atoms with Crippen molar-refractivity contribution >= 4 is 21.6 Å². The summed E-state index contributed by atoms with van der Waals surface area (Å²) in [5, 5.41) is 5.22. The number of halogens is 3. The maximum Gasteiger partial charge on any atom is 0.416 e. The molecular formula is C20H16F3N3O3S. The summed E-state index contributed by atoms with van der Waals surface area (Å²) in [4.78, 5) is 15.5. The highest BCUT2D eigenvalue weighted by molar-refractivity contribution is 7.91. The van der Waals surface area contributed by atoms with Gasteiger partial charge in [0, 0.05) is 24.6 Å². The van der Waals surface area contributed by atoms with Crippen molar-refractivity contribution < 1.29 is 26.4 Å². The molecule has 0 unspecified atom stereocenters. The Morgan fingerprint density at radius 2 is 1.40 bits per heavy atom. The standard InChI is InChI=1S/C20H16F3N3O3S/c21-20(22,23)15-1-5-17(6-2-15)30(28,29)18-7-3-16(4-8-18)26-19(27)25-13-14-9-11-24-12-10-14/h1-12H,13H2,(H2,25,26,27). The van der Waals surface area contributed by atoms with Crippen LogP contribution >= 0.6 is 0 Å². The van der Waals surface area contributed by atoms with Gasteiger partial charge in [-0.05, 0) is 66.2 Å². The second kappa shape index (κ2) is 8.54. The Labute approximate surface area is 170 Å². The fourth-order valence-corrected chi connectivity index (χ4v) is 3.80. The van der Waals surface area contributed by atoms with E-state index in [0.29, 0.717) is 5.69 Å². The number of carbonyl (C=O) groups is 1. The molecule has 0 radical (unpaired) electrons. The van der Waals surface area contributed by atoms with Crippen LogP contribution in [0.15, 0.2) is 82.8 Å². The molecule has 1 heterocycles. The first kappa shape index (κ1) is 21.3. The molecule has 6 nitrogen and oxygen atoms in total. The molecule has 0 atom stereocenters. The summed E-state index contributed by atoms with van der Waals surface area (Å²) < 4.78 is 63.1. The van der Waals surface area contributed by atoms with Gasteiger partial charge in [-0.1, -0.05) is 0 Å². The number of hydrogen-bond donors (Lipinski definition) is 2. The fraction of sp³-hybridized carbons (Fsp3) is 0.100. The number of sulfone groups is 1. The topological polar surface area (TPSA) is 88.2 Å². The first-order valence-corrected chi connectivity index (χ1v) is 10.1. The summed E-state index contributed by atoms with van der Waals surface area (Å²) >= 11 is 0. The van der Waals surface area contributed by atoms with Gasteiger partial charge < -0.3 is 10.6 Å². The second-order valence-corrected chi connectivity index (χ2v) is 8.16. The molecule has 0 aliphatic rings. The summed E-state index contributed by atoms with van der Waals surface area (Å²) in [6, 6.07) is 11.6. The van der Waals surface area contributed by atoms with Gasteiger partial charge in [-0.2, -0.15) is 13.2 Å². The maximum absolute atomic E-state index is 12.6. The van der Waals surface area contributed by atoms with E-state index in [0.717, 1.165) is 29.8 Å². The zero-order chi connectivity index (χ0) is 21.8. The number of urea groups is 1. The maximum atomic E-state index is 12.6. The molecule has 3 aromatic rings. The summed E-state index contributed by atoms with van der Waals surface area (Å²) in [7, 11) is -3.99. The minimum atomic E-state index is -4.55. The van der Waals surface area contributed by atoms with E-state index >= 15 is 0 Å². The van der Waals surface area contributed by atoms with Gasteiger partial charge in [0.25, 0.3) is 0 Å². The van der Waals surface area contributed by atoms with Crippen molar-refractivity contribution in [1.29, 1.82) is 0 Å². The first-order chi connectivity index (χ1) is 14.2. The van der Waals surface area contributed by atoms with E-state index in [4.69, 9.17) is 0 Å². The van der Waals surface area contributed by atoms with E-state index < -0.39 is 27.6 Å². The average molecular weight is 435 g/mol. The number of nitrogens with one attached hydrogen (secondary N) is 2. The Morgan fingerprint density at radius 3 is 1.93 bits per heavy atom. The Balaban J connectivity index is 1.66. The number of rotatable bonds is 5. The number of alkyl halides is 3. The predicted octanol–water partition coefficient (Wildman–Crippen LogP) is 4.25. The van der Waals surface area contributed by atoms with Crippen LogP contribution in [-0.4, -0.2) is 19.4 Å². The van der Waals surface area contributed by atoms with Gasteiger partial charge in [-0.25, -0.2) is 13.2 Å². The van der Waals surface area contributed by atoms with E-state index in [2.05, 4.69) is 15.6 Å². The van der Waals surface area contributed by atoms with Crippen molar-refractivity contribution in [1.82, 2.24) is 10.3 Å². The molecule has 0 bridgehead atoms. The van der Waals surface area contributed by atoms with Crippen LogP contribution < -0.4 is 10.6 Å². The molecule has 2 N–H and O–H groups in total. The highest BCUT2D eigenvalue weighted by Crippen LogP contribution is 2.31. The first-order valence-electron chi connectivity index (χ1n) is 8.62. The zero-order valence-electron chi connectivity index (χ0n) is 15.3. The van der Waals surface area contributed by atoms with Crippen molar-refractivity contribution in [2.75, 3.05) is 5.32 Å². The Bertz CT molecular complexity index is 1120. The van der Waals surface area contributed by atoms with Gasteiger partial charge in [0.2, 0.25) is 9.84 Å². The molecule has 0 aliphatic carbocycles. The molecule has 10 heteroatoms. The van der Waals surface area contributed by atoms with Gasteiger partial charge >= 0.3 is 12.2 Å². The molecule has 1 aromatic heterocycles. The molecule has 0 spiro atoms. The largest absolute Gasteiger partial charge is 0.416 e. The summed E-state index contributed by atoms with van der Waals surface area (Å²) in [5.74, 6) is 0. The second-order valence-electron chi connectivity index (χ2n) is 6.21. The van der Waals surface area contributed by atoms with E-state index in [-0.39, 0.29) is 16.3 Å². The van der Waals surface area contributed by atoms with Crippen LogP contribution in [0.25, 0.3) is 0 Å². The fourth-order valence-electron chi connectivity index (χ4n) is 2.53. The minimum absolute atomic E-state index is 0.106. The number of amides is 2. The molecule has 3 rings (SSSR count). The van der Waals surface area contributed by atoms with Gasteiger partial charge in [-0.3, -0.25) is 4.98 Å². The number of nitrogens with zero attached hydrogens (tertiary/aromatic N) is 1. The van der Waals surface area contributed by atoms with Crippen LogP contribution in [0.2, 0.25) is 0 Å². The van der Waals surface area contributed by atoms with Crippen LogP contribution in [0.1, 0.15) is 11.1 Å². The lowest BCUT2D eigenvalue weighted by Gasteiger charge is -2.10. The SMILES string of the molecule is O=C(NCc1ccncc1)Nc1ccc(S(=O)(=O)c2ccc(C(F)(F)F)cc2)cc1. The highest BCUT2D eigenvalue weighted by Gasteiger charge is 2.30. The lowest BCUT2D eigenvalue weighted by Crippen LogP contribution is -2.28. The number of aromatic nitrogens is 1. The van der Waals surface area contributed by atoms with Crippen LogP contribution in [0, 0.1) is 0 Å².